The van der Waals surface area contributed by atoms with Crippen LogP contribution in [0.5, 0.6) is 5.75 Å². The molecule has 1 aromatic carbocycles. The number of ether oxygens (including phenoxy) is 1. The van der Waals surface area contributed by atoms with Gasteiger partial charge in [-0.05, 0) is 12.1 Å². The topological polar surface area (TPSA) is 12.5 Å². The minimum Gasteiger partial charge on any atom is -0.485 e. The molecule has 1 aliphatic heterocycles. The molecule has 1 aliphatic rings. The molecule has 1 heterocycles. The summed E-state index contributed by atoms with van der Waals surface area (Å²) in [5.41, 5.74) is 0. The Morgan fingerprint density at radius 3 is 2.47 bits per heavy atom. The van der Waals surface area contributed by atoms with E-state index in [9.17, 15) is 8.78 Å². The molecule has 0 N–H and O–H groups in total. The van der Waals surface area contributed by atoms with E-state index < -0.39 is 11.6 Å². The van der Waals surface area contributed by atoms with Crippen molar-refractivity contribution in [3.05, 3.63) is 29.8 Å². The van der Waals surface area contributed by atoms with Crippen LogP contribution < -0.4 is 4.74 Å². The Hall–Kier alpha value is -0.965. The minimum absolute atomic E-state index is 0.00330. The summed E-state index contributed by atoms with van der Waals surface area (Å²) in [6, 6.07) is 4.00. The van der Waals surface area contributed by atoms with E-state index in [1.807, 2.05) is 0 Å². The number of benzene rings is 1. The minimum atomic E-state index is -0.901. The standard InChI is InChI=1S/C10H14B3F2NO/c11-10(12,13)16-4-6(5-16)17-8-3-1-2-7(14)9(8)15/h1-3,6H,4-5,11-13H2. The van der Waals surface area contributed by atoms with Crippen molar-refractivity contribution >= 4 is 23.5 Å². The van der Waals surface area contributed by atoms with Crippen molar-refractivity contribution in [3.63, 3.8) is 0 Å². The normalized spacial score (nSPS) is 17.8. The molecule has 0 saturated carbocycles. The van der Waals surface area contributed by atoms with Crippen LogP contribution in [0.3, 0.4) is 0 Å². The summed E-state index contributed by atoms with van der Waals surface area (Å²) in [6.45, 7) is 1.50. The number of rotatable bonds is 3. The number of nitrogens with zero attached hydrogens (tertiary/aromatic N) is 1. The Kier molecular flexibility index (Phi) is 3.21. The van der Waals surface area contributed by atoms with Gasteiger partial charge in [-0.1, -0.05) is 11.3 Å². The molecule has 0 amide bonds. The SMILES string of the molecule is BC(B)(B)N1CC(Oc2cccc(F)c2F)C1. The van der Waals surface area contributed by atoms with Crippen molar-refractivity contribution < 1.29 is 13.5 Å². The number of likely N-dealkylation sites (tertiary alicyclic amines) is 1. The van der Waals surface area contributed by atoms with Crippen LogP contribution in [-0.4, -0.2) is 52.9 Å². The van der Waals surface area contributed by atoms with Gasteiger partial charge in [-0.15, -0.1) is 0 Å². The van der Waals surface area contributed by atoms with Crippen LogP contribution in [0.15, 0.2) is 18.2 Å². The van der Waals surface area contributed by atoms with Crippen LogP contribution in [0, 0.1) is 11.6 Å². The molecule has 0 unspecified atom stereocenters. The van der Waals surface area contributed by atoms with E-state index in [0.717, 1.165) is 19.2 Å². The summed E-state index contributed by atoms with van der Waals surface area (Å²) in [5, 5.41) is 0.0976. The van der Waals surface area contributed by atoms with Crippen LogP contribution in [-0.2, 0) is 0 Å². The Morgan fingerprint density at radius 2 is 1.88 bits per heavy atom. The Morgan fingerprint density at radius 1 is 1.24 bits per heavy atom. The average molecular weight is 235 g/mol. The molecule has 0 spiro atoms. The van der Waals surface area contributed by atoms with Gasteiger partial charge in [0, 0.05) is 13.1 Å². The molecule has 2 nitrogen and oxygen atoms in total. The van der Waals surface area contributed by atoms with Gasteiger partial charge >= 0.3 is 0 Å². The monoisotopic (exact) mass is 235 g/mol. The average Bonchev–Trinajstić information content (AvgIpc) is 2.15. The molecule has 0 bridgehead atoms. The van der Waals surface area contributed by atoms with Gasteiger partial charge in [-0.3, -0.25) is 0 Å². The van der Waals surface area contributed by atoms with Gasteiger partial charge in [0.25, 0.3) is 0 Å². The highest BCUT2D eigenvalue weighted by atomic mass is 19.2. The molecule has 2 rings (SSSR count). The first kappa shape index (κ1) is 12.5. The van der Waals surface area contributed by atoms with Crippen molar-refractivity contribution in [2.24, 2.45) is 0 Å². The third-order valence-corrected chi connectivity index (χ3v) is 3.01. The van der Waals surface area contributed by atoms with Crippen LogP contribution in [0.4, 0.5) is 8.78 Å². The first-order valence-corrected chi connectivity index (χ1v) is 5.73. The summed E-state index contributed by atoms with van der Waals surface area (Å²) in [5.74, 6) is -1.76. The Labute approximate surface area is 103 Å². The lowest BCUT2D eigenvalue weighted by molar-refractivity contribution is 0.0143. The van der Waals surface area contributed by atoms with Crippen LogP contribution in [0.1, 0.15) is 0 Å². The fourth-order valence-electron chi connectivity index (χ4n) is 1.81. The van der Waals surface area contributed by atoms with Crippen LogP contribution in [0.2, 0.25) is 0 Å². The summed E-state index contributed by atoms with van der Waals surface area (Å²) in [7, 11) is 6.35. The van der Waals surface area contributed by atoms with Crippen molar-refractivity contribution in [2.75, 3.05) is 13.1 Å². The highest BCUT2D eigenvalue weighted by Gasteiger charge is 2.35. The maximum atomic E-state index is 13.3. The number of halogens is 2. The van der Waals surface area contributed by atoms with Gasteiger partial charge in [0.15, 0.2) is 11.6 Å². The maximum absolute atomic E-state index is 13.3. The number of hydrogen-bond acceptors (Lipinski definition) is 2. The largest absolute Gasteiger partial charge is 0.485 e. The van der Waals surface area contributed by atoms with Gasteiger partial charge in [0.1, 0.15) is 29.6 Å². The predicted molar refractivity (Wildman–Crippen MR) is 70.7 cm³/mol. The second kappa shape index (κ2) is 4.37. The zero-order valence-corrected chi connectivity index (χ0v) is 10.3. The first-order valence-electron chi connectivity index (χ1n) is 5.73. The zero-order chi connectivity index (χ0) is 12.6. The summed E-state index contributed by atoms with van der Waals surface area (Å²) in [4.78, 5) is 2.23. The van der Waals surface area contributed by atoms with Gasteiger partial charge in [-0.2, -0.15) is 4.39 Å². The molecule has 1 saturated heterocycles. The van der Waals surface area contributed by atoms with E-state index in [1.54, 1.807) is 0 Å². The van der Waals surface area contributed by atoms with E-state index in [1.165, 1.54) is 12.1 Å². The smallest absolute Gasteiger partial charge is 0.200 e. The summed E-state index contributed by atoms with van der Waals surface area (Å²) < 4.78 is 31.7. The molecular weight excluding hydrogens is 221 g/mol. The van der Waals surface area contributed by atoms with E-state index in [0.29, 0.717) is 0 Å². The highest BCUT2D eigenvalue weighted by Crippen LogP contribution is 2.24. The third-order valence-electron chi connectivity index (χ3n) is 3.01. The molecule has 17 heavy (non-hydrogen) atoms. The Bertz CT molecular complexity index is 419. The van der Waals surface area contributed by atoms with Crippen molar-refractivity contribution in [2.45, 2.75) is 11.3 Å². The lowest BCUT2D eigenvalue weighted by atomic mass is 9.47. The summed E-state index contributed by atoms with van der Waals surface area (Å²) in [6.07, 6.45) is -0.0504. The molecule has 0 aliphatic carbocycles. The molecule has 7 heteroatoms. The maximum Gasteiger partial charge on any atom is 0.200 e. The fraction of sp³-hybridized carbons (Fsp3) is 0.400. The van der Waals surface area contributed by atoms with E-state index in [-0.39, 0.29) is 17.1 Å². The van der Waals surface area contributed by atoms with Crippen molar-refractivity contribution in [1.29, 1.82) is 0 Å². The second-order valence-corrected chi connectivity index (χ2v) is 5.37. The Balaban J connectivity index is 1.94. The molecule has 0 aromatic heterocycles. The molecule has 1 aromatic rings. The zero-order valence-electron chi connectivity index (χ0n) is 10.3. The van der Waals surface area contributed by atoms with Gasteiger partial charge in [-0.25, -0.2) is 4.39 Å². The van der Waals surface area contributed by atoms with Gasteiger partial charge in [0.2, 0.25) is 5.82 Å². The number of hydrogen-bond donors (Lipinski definition) is 0. The van der Waals surface area contributed by atoms with Crippen molar-refractivity contribution in [3.8, 4) is 5.75 Å². The van der Waals surface area contributed by atoms with Crippen LogP contribution in [0.25, 0.3) is 0 Å². The molecule has 88 valence electrons. The second-order valence-electron chi connectivity index (χ2n) is 5.37. The van der Waals surface area contributed by atoms with Crippen molar-refractivity contribution in [1.82, 2.24) is 4.90 Å². The van der Waals surface area contributed by atoms with Gasteiger partial charge < -0.3 is 9.64 Å². The van der Waals surface area contributed by atoms with Gasteiger partial charge in [0.05, 0.1) is 0 Å². The molecule has 0 radical (unpaired) electrons. The lowest BCUT2D eigenvalue weighted by Gasteiger charge is -2.47. The lowest BCUT2D eigenvalue weighted by Crippen LogP contribution is -2.65. The van der Waals surface area contributed by atoms with Crippen LogP contribution >= 0.6 is 0 Å². The molecule has 0 atom stereocenters. The fourth-order valence-corrected chi connectivity index (χ4v) is 1.81. The first-order chi connectivity index (χ1) is 7.88. The van der Waals surface area contributed by atoms with E-state index >= 15 is 0 Å². The third kappa shape index (κ3) is 2.65. The molecule has 1 fully saturated rings. The summed E-state index contributed by atoms with van der Waals surface area (Å²) >= 11 is 0. The highest BCUT2D eigenvalue weighted by molar-refractivity contribution is 6.59. The quantitative estimate of drug-likeness (QED) is 0.593. The molecular formula is C10H14B3F2NO. The van der Waals surface area contributed by atoms with E-state index in [2.05, 4.69) is 28.4 Å². The van der Waals surface area contributed by atoms with E-state index in [4.69, 9.17) is 4.74 Å². The predicted octanol–water partition coefficient (Wildman–Crippen LogP) is -1.46.